The third-order valence-electron chi connectivity index (χ3n) is 1.70. The van der Waals surface area contributed by atoms with Gasteiger partial charge in [0.05, 0.1) is 4.90 Å². The molecule has 0 aliphatic heterocycles. The molecule has 0 heterocycles. The molecule has 5 heteroatoms. The number of sulfonamides is 1. The van der Waals surface area contributed by atoms with E-state index in [0.29, 0.717) is 0 Å². The second-order valence-electron chi connectivity index (χ2n) is 4.44. The predicted molar refractivity (Wildman–Crippen MR) is 61.2 cm³/mol. The highest BCUT2D eigenvalue weighted by Crippen LogP contribution is 2.16. The van der Waals surface area contributed by atoms with Crippen LogP contribution < -0.4 is 10.5 Å². The lowest BCUT2D eigenvalue weighted by Crippen LogP contribution is -2.26. The summed E-state index contributed by atoms with van der Waals surface area (Å²) < 4.78 is 22.0. The molecule has 0 amide bonds. The van der Waals surface area contributed by atoms with Crippen LogP contribution in [-0.4, -0.2) is 14.0 Å². The van der Waals surface area contributed by atoms with Crippen LogP contribution in [0.2, 0.25) is 0 Å². The molecule has 0 unspecified atom stereocenters. The van der Waals surface area contributed by atoms with Gasteiger partial charge >= 0.3 is 0 Å². The maximum absolute atomic E-state index is 11.0. The number of nitrogens with one attached hydrogen (secondary N) is 1. The van der Waals surface area contributed by atoms with E-state index >= 15 is 0 Å². The Morgan fingerprint density at radius 1 is 1.13 bits per heavy atom. The van der Waals surface area contributed by atoms with E-state index in [0.717, 1.165) is 5.69 Å². The van der Waals surface area contributed by atoms with E-state index in [1.54, 1.807) is 12.1 Å². The Labute approximate surface area is 90.5 Å². The Balaban J connectivity index is 2.92. The van der Waals surface area contributed by atoms with Crippen molar-refractivity contribution in [3.8, 4) is 0 Å². The van der Waals surface area contributed by atoms with Gasteiger partial charge in [-0.15, -0.1) is 0 Å². The van der Waals surface area contributed by atoms with Crippen molar-refractivity contribution in [1.29, 1.82) is 0 Å². The minimum Gasteiger partial charge on any atom is -0.380 e. The third kappa shape index (κ3) is 3.89. The topological polar surface area (TPSA) is 72.2 Å². The molecule has 0 bridgehead atoms. The van der Waals surface area contributed by atoms with Crippen LogP contribution in [0, 0.1) is 0 Å². The Morgan fingerprint density at radius 3 is 1.93 bits per heavy atom. The fraction of sp³-hybridized carbons (Fsp3) is 0.400. The second kappa shape index (κ2) is 3.83. The summed E-state index contributed by atoms with van der Waals surface area (Å²) in [6.45, 7) is 6.09. The molecule has 1 rings (SSSR count). The maximum Gasteiger partial charge on any atom is 0.238 e. The van der Waals surface area contributed by atoms with E-state index in [1.807, 2.05) is 20.8 Å². The van der Waals surface area contributed by atoms with Crippen LogP contribution in [0.25, 0.3) is 0 Å². The van der Waals surface area contributed by atoms with Crippen LogP contribution in [0.1, 0.15) is 20.8 Å². The fourth-order valence-corrected chi connectivity index (χ4v) is 1.68. The number of hydrogen-bond donors (Lipinski definition) is 2. The summed E-state index contributed by atoms with van der Waals surface area (Å²) in [6.07, 6.45) is 0. The predicted octanol–water partition coefficient (Wildman–Crippen LogP) is 1.54. The summed E-state index contributed by atoms with van der Waals surface area (Å²) in [4.78, 5) is 0.127. The van der Waals surface area contributed by atoms with Gasteiger partial charge in [-0.2, -0.15) is 0 Å². The molecule has 15 heavy (non-hydrogen) atoms. The largest absolute Gasteiger partial charge is 0.380 e. The van der Waals surface area contributed by atoms with Crippen LogP contribution in [0.5, 0.6) is 0 Å². The van der Waals surface area contributed by atoms with Gasteiger partial charge in [-0.25, -0.2) is 13.6 Å². The third-order valence-corrected chi connectivity index (χ3v) is 2.63. The average molecular weight is 228 g/mol. The molecule has 0 aromatic heterocycles. The highest BCUT2D eigenvalue weighted by molar-refractivity contribution is 7.89. The van der Waals surface area contributed by atoms with Gasteiger partial charge in [0, 0.05) is 11.2 Å². The molecule has 0 aliphatic carbocycles. The molecule has 84 valence electrons. The minimum atomic E-state index is -3.59. The number of nitrogens with two attached hydrogens (primary N) is 1. The van der Waals surface area contributed by atoms with Crippen molar-refractivity contribution in [3.63, 3.8) is 0 Å². The monoisotopic (exact) mass is 228 g/mol. The first-order chi connectivity index (χ1) is 6.68. The quantitative estimate of drug-likeness (QED) is 0.806. The summed E-state index contributed by atoms with van der Waals surface area (Å²) in [6, 6.07) is 6.38. The Kier molecular flexibility index (Phi) is 3.06. The molecular formula is C10H16N2O2S. The van der Waals surface area contributed by atoms with Gasteiger partial charge in [0.1, 0.15) is 0 Å². The molecule has 0 spiro atoms. The first-order valence-corrected chi connectivity index (χ1v) is 6.14. The Bertz CT molecular complexity index is 429. The van der Waals surface area contributed by atoms with E-state index in [9.17, 15) is 8.42 Å². The highest BCUT2D eigenvalue weighted by atomic mass is 32.2. The van der Waals surface area contributed by atoms with E-state index in [1.165, 1.54) is 12.1 Å². The molecule has 0 atom stereocenters. The molecule has 1 aromatic rings. The van der Waals surface area contributed by atoms with Crippen molar-refractivity contribution in [2.75, 3.05) is 5.32 Å². The number of hydrogen-bond acceptors (Lipinski definition) is 3. The van der Waals surface area contributed by atoms with Crippen LogP contribution in [0.3, 0.4) is 0 Å². The average Bonchev–Trinajstić information content (AvgIpc) is 2.00. The van der Waals surface area contributed by atoms with E-state index < -0.39 is 10.0 Å². The number of anilines is 1. The van der Waals surface area contributed by atoms with Crippen LogP contribution in [0.4, 0.5) is 5.69 Å². The standard InChI is InChI=1S/C10H16N2O2S/c1-10(2,3)12-8-4-6-9(7-5-8)15(11,13)14/h4-7,12H,1-3H3,(H2,11,13,14). The number of benzene rings is 1. The summed E-state index contributed by atoms with van der Waals surface area (Å²) in [7, 11) is -3.59. The maximum atomic E-state index is 11.0. The summed E-state index contributed by atoms with van der Waals surface area (Å²) in [5.74, 6) is 0. The lowest BCUT2D eigenvalue weighted by Gasteiger charge is -2.22. The molecule has 0 saturated carbocycles. The molecule has 1 aromatic carbocycles. The Morgan fingerprint density at radius 2 is 1.60 bits per heavy atom. The lowest BCUT2D eigenvalue weighted by molar-refractivity contribution is 0.598. The van der Waals surface area contributed by atoms with E-state index in [2.05, 4.69) is 5.32 Å². The van der Waals surface area contributed by atoms with Crippen molar-refractivity contribution >= 4 is 15.7 Å². The summed E-state index contributed by atoms with van der Waals surface area (Å²) in [5.41, 5.74) is 0.818. The zero-order valence-corrected chi connectivity index (χ0v) is 9.93. The second-order valence-corrected chi connectivity index (χ2v) is 6.01. The molecule has 0 aliphatic rings. The number of rotatable bonds is 2. The lowest BCUT2D eigenvalue weighted by atomic mass is 10.1. The van der Waals surface area contributed by atoms with Gasteiger partial charge in [-0.3, -0.25) is 0 Å². The Hall–Kier alpha value is -1.07. The summed E-state index contributed by atoms with van der Waals surface area (Å²) >= 11 is 0. The van der Waals surface area contributed by atoms with Gasteiger partial charge < -0.3 is 5.32 Å². The molecule has 3 N–H and O–H groups in total. The normalized spacial score (nSPS) is 12.5. The zero-order chi connectivity index (χ0) is 11.7. The fourth-order valence-electron chi connectivity index (χ4n) is 1.16. The molecule has 0 saturated heterocycles. The van der Waals surface area contributed by atoms with Gasteiger partial charge in [-0.05, 0) is 45.0 Å². The summed E-state index contributed by atoms with van der Waals surface area (Å²) in [5, 5.41) is 8.21. The first kappa shape index (κ1) is 12.0. The molecule has 4 nitrogen and oxygen atoms in total. The van der Waals surface area contributed by atoms with Crippen LogP contribution >= 0.6 is 0 Å². The van der Waals surface area contributed by atoms with E-state index in [4.69, 9.17) is 5.14 Å². The highest BCUT2D eigenvalue weighted by Gasteiger charge is 2.10. The van der Waals surface area contributed by atoms with Crippen molar-refractivity contribution in [1.82, 2.24) is 0 Å². The van der Waals surface area contributed by atoms with Gasteiger partial charge in [0.15, 0.2) is 0 Å². The van der Waals surface area contributed by atoms with Crippen molar-refractivity contribution < 1.29 is 8.42 Å². The van der Waals surface area contributed by atoms with Gasteiger partial charge in [-0.1, -0.05) is 0 Å². The minimum absolute atomic E-state index is 0.0525. The molecular weight excluding hydrogens is 212 g/mol. The molecule has 0 fully saturated rings. The number of primary sulfonamides is 1. The first-order valence-electron chi connectivity index (χ1n) is 4.59. The van der Waals surface area contributed by atoms with E-state index in [-0.39, 0.29) is 10.4 Å². The van der Waals surface area contributed by atoms with Gasteiger partial charge in [0.25, 0.3) is 0 Å². The van der Waals surface area contributed by atoms with Crippen molar-refractivity contribution in [2.45, 2.75) is 31.2 Å². The SMILES string of the molecule is CC(C)(C)Nc1ccc(S(N)(=O)=O)cc1. The zero-order valence-electron chi connectivity index (χ0n) is 9.11. The van der Waals surface area contributed by atoms with Crippen LogP contribution in [0.15, 0.2) is 29.2 Å². The van der Waals surface area contributed by atoms with Crippen molar-refractivity contribution in [2.24, 2.45) is 5.14 Å². The molecule has 0 radical (unpaired) electrons. The smallest absolute Gasteiger partial charge is 0.238 e. The van der Waals surface area contributed by atoms with Crippen molar-refractivity contribution in [3.05, 3.63) is 24.3 Å². The van der Waals surface area contributed by atoms with Gasteiger partial charge in [0.2, 0.25) is 10.0 Å². The van der Waals surface area contributed by atoms with Crippen LogP contribution in [-0.2, 0) is 10.0 Å².